The number of benzene rings is 1. The molecule has 20 heavy (non-hydrogen) atoms. The zero-order valence-electron chi connectivity index (χ0n) is 11.2. The molecule has 1 aromatic carbocycles. The van der Waals surface area contributed by atoms with E-state index in [9.17, 15) is 4.79 Å². The van der Waals surface area contributed by atoms with Crippen LogP contribution < -0.4 is 5.32 Å². The highest BCUT2D eigenvalue weighted by Gasteiger charge is 2.38. The molecule has 2 aliphatic heterocycles. The summed E-state index contributed by atoms with van der Waals surface area (Å²) in [4.78, 5) is 14.7. The second-order valence-corrected chi connectivity index (χ2v) is 5.28. The van der Waals surface area contributed by atoms with Crippen LogP contribution in [0.25, 0.3) is 0 Å². The van der Waals surface area contributed by atoms with Crippen molar-refractivity contribution in [3.8, 4) is 6.07 Å². The van der Waals surface area contributed by atoms with Crippen molar-refractivity contribution in [1.29, 1.82) is 5.26 Å². The van der Waals surface area contributed by atoms with Gasteiger partial charge in [-0.1, -0.05) is 0 Å². The predicted molar refractivity (Wildman–Crippen MR) is 78.9 cm³/mol. The lowest BCUT2D eigenvalue weighted by molar-refractivity contribution is 0.0680. The van der Waals surface area contributed by atoms with Crippen molar-refractivity contribution < 1.29 is 4.79 Å². The molecule has 0 aliphatic carbocycles. The topological polar surface area (TPSA) is 56.1 Å². The van der Waals surface area contributed by atoms with Crippen LogP contribution in [0.3, 0.4) is 0 Å². The summed E-state index contributed by atoms with van der Waals surface area (Å²) >= 11 is 0. The molecule has 2 unspecified atom stereocenters. The van der Waals surface area contributed by atoms with Crippen LogP contribution in [0.15, 0.2) is 24.3 Å². The summed E-state index contributed by atoms with van der Waals surface area (Å²) in [5.41, 5.74) is 1.29. The Balaban J connectivity index is 0.00000147. The van der Waals surface area contributed by atoms with Gasteiger partial charge in [0.25, 0.3) is 5.91 Å². The SMILES string of the molecule is Cl.N#Cc1ccc(C(=O)N2C3CCNCC2CC3)cc1. The van der Waals surface area contributed by atoms with Gasteiger partial charge < -0.3 is 10.2 Å². The third-order valence-electron chi connectivity index (χ3n) is 4.15. The van der Waals surface area contributed by atoms with Crippen LogP contribution in [0.4, 0.5) is 0 Å². The number of carbonyl (C=O) groups excluding carboxylic acids is 1. The first-order valence-corrected chi connectivity index (χ1v) is 6.83. The van der Waals surface area contributed by atoms with E-state index in [1.165, 1.54) is 0 Å². The monoisotopic (exact) mass is 291 g/mol. The summed E-state index contributed by atoms with van der Waals surface area (Å²) in [6, 6.07) is 9.74. The lowest BCUT2D eigenvalue weighted by atomic mass is 10.1. The summed E-state index contributed by atoms with van der Waals surface area (Å²) in [6.45, 7) is 1.90. The highest BCUT2D eigenvalue weighted by atomic mass is 35.5. The highest BCUT2D eigenvalue weighted by molar-refractivity contribution is 5.95. The van der Waals surface area contributed by atoms with Crippen molar-refractivity contribution in [2.24, 2.45) is 0 Å². The highest BCUT2D eigenvalue weighted by Crippen LogP contribution is 2.29. The maximum absolute atomic E-state index is 12.6. The molecule has 0 aromatic heterocycles. The van der Waals surface area contributed by atoms with Gasteiger partial charge in [0.15, 0.2) is 0 Å². The lowest BCUT2D eigenvalue weighted by Gasteiger charge is -2.28. The quantitative estimate of drug-likeness (QED) is 0.860. The summed E-state index contributed by atoms with van der Waals surface area (Å²) in [6.07, 6.45) is 3.26. The normalized spacial score (nSPS) is 24.4. The molecule has 2 bridgehead atoms. The van der Waals surface area contributed by atoms with Crippen molar-refractivity contribution in [2.75, 3.05) is 13.1 Å². The fourth-order valence-corrected chi connectivity index (χ4v) is 3.15. The third-order valence-corrected chi connectivity index (χ3v) is 4.15. The molecule has 5 heteroatoms. The molecule has 106 valence electrons. The van der Waals surface area contributed by atoms with Gasteiger partial charge in [0.05, 0.1) is 11.6 Å². The Hall–Kier alpha value is -1.57. The molecular formula is C15H18ClN3O. The molecule has 2 aliphatic rings. The van der Waals surface area contributed by atoms with E-state index >= 15 is 0 Å². The average Bonchev–Trinajstić information content (AvgIpc) is 2.71. The standard InChI is InChI=1S/C15H17N3O.ClH/c16-9-11-1-3-12(4-2-11)15(19)18-13-5-6-14(18)10-17-8-7-13;/h1-4,13-14,17H,5-8,10H2;1H. The van der Waals surface area contributed by atoms with Gasteiger partial charge in [-0.15, -0.1) is 12.4 Å². The zero-order valence-corrected chi connectivity index (χ0v) is 12.0. The van der Waals surface area contributed by atoms with Crippen LogP contribution in [0.2, 0.25) is 0 Å². The van der Waals surface area contributed by atoms with Crippen molar-refractivity contribution in [1.82, 2.24) is 10.2 Å². The number of amides is 1. The Morgan fingerprint density at radius 1 is 1.20 bits per heavy atom. The van der Waals surface area contributed by atoms with Gasteiger partial charge in [-0.3, -0.25) is 4.79 Å². The third kappa shape index (κ3) is 2.65. The average molecular weight is 292 g/mol. The van der Waals surface area contributed by atoms with Crippen molar-refractivity contribution in [3.63, 3.8) is 0 Å². The summed E-state index contributed by atoms with van der Waals surface area (Å²) < 4.78 is 0. The minimum Gasteiger partial charge on any atom is -0.331 e. The van der Waals surface area contributed by atoms with Crippen molar-refractivity contribution in [3.05, 3.63) is 35.4 Å². The fourth-order valence-electron chi connectivity index (χ4n) is 3.15. The van der Waals surface area contributed by atoms with E-state index in [4.69, 9.17) is 5.26 Å². The van der Waals surface area contributed by atoms with E-state index in [1.54, 1.807) is 24.3 Å². The Bertz CT molecular complexity index is 509. The number of carbonyl (C=O) groups is 1. The molecule has 1 amide bonds. The summed E-state index contributed by atoms with van der Waals surface area (Å²) in [5, 5.41) is 12.2. The Labute approximate surface area is 125 Å². The number of hydrogen-bond acceptors (Lipinski definition) is 3. The van der Waals surface area contributed by atoms with Gasteiger partial charge in [-0.2, -0.15) is 5.26 Å². The molecule has 0 spiro atoms. The fraction of sp³-hybridized carbons (Fsp3) is 0.467. The van der Waals surface area contributed by atoms with Crippen molar-refractivity contribution >= 4 is 18.3 Å². The van der Waals surface area contributed by atoms with Crippen LogP contribution >= 0.6 is 12.4 Å². The molecule has 0 radical (unpaired) electrons. The number of hydrogen-bond donors (Lipinski definition) is 1. The molecule has 2 fully saturated rings. The number of nitrogens with zero attached hydrogens (tertiary/aromatic N) is 2. The van der Waals surface area contributed by atoms with Gasteiger partial charge in [-0.05, 0) is 50.1 Å². The van der Waals surface area contributed by atoms with Crippen LogP contribution in [0.1, 0.15) is 35.2 Å². The first-order chi connectivity index (χ1) is 9.29. The molecule has 1 N–H and O–H groups in total. The lowest BCUT2D eigenvalue weighted by Crippen LogP contribution is -2.42. The van der Waals surface area contributed by atoms with Gasteiger partial charge >= 0.3 is 0 Å². The first-order valence-electron chi connectivity index (χ1n) is 6.83. The molecule has 0 saturated carbocycles. The van der Waals surface area contributed by atoms with Crippen LogP contribution in [-0.4, -0.2) is 36.0 Å². The summed E-state index contributed by atoms with van der Waals surface area (Å²) in [5.74, 6) is 0.112. The molecule has 2 saturated heterocycles. The van der Waals surface area contributed by atoms with Gasteiger partial charge in [0.1, 0.15) is 0 Å². The molecule has 2 atom stereocenters. The number of nitrogens with one attached hydrogen (secondary N) is 1. The molecule has 2 heterocycles. The smallest absolute Gasteiger partial charge is 0.254 e. The number of halogens is 1. The zero-order chi connectivity index (χ0) is 13.2. The molecule has 1 aromatic rings. The molecular weight excluding hydrogens is 274 g/mol. The van der Waals surface area contributed by atoms with E-state index in [1.807, 2.05) is 0 Å². The minimum absolute atomic E-state index is 0. The van der Waals surface area contributed by atoms with Crippen LogP contribution in [-0.2, 0) is 0 Å². The van der Waals surface area contributed by atoms with E-state index in [0.717, 1.165) is 32.4 Å². The van der Waals surface area contributed by atoms with Gasteiger partial charge in [0, 0.05) is 24.2 Å². The predicted octanol–water partition coefficient (Wildman–Crippen LogP) is 1.95. The number of rotatable bonds is 1. The van der Waals surface area contributed by atoms with Gasteiger partial charge in [0.2, 0.25) is 0 Å². The Kier molecular flexibility index (Phi) is 4.64. The van der Waals surface area contributed by atoms with E-state index in [-0.39, 0.29) is 18.3 Å². The Morgan fingerprint density at radius 3 is 2.60 bits per heavy atom. The van der Waals surface area contributed by atoms with E-state index < -0.39 is 0 Å². The van der Waals surface area contributed by atoms with Gasteiger partial charge in [-0.25, -0.2) is 0 Å². The number of nitriles is 1. The largest absolute Gasteiger partial charge is 0.331 e. The molecule has 4 nitrogen and oxygen atoms in total. The Morgan fingerprint density at radius 2 is 1.90 bits per heavy atom. The number of fused-ring (bicyclic) bond motifs is 2. The van der Waals surface area contributed by atoms with Crippen molar-refractivity contribution in [2.45, 2.75) is 31.3 Å². The molecule has 3 rings (SSSR count). The van der Waals surface area contributed by atoms with E-state index in [2.05, 4.69) is 16.3 Å². The van der Waals surface area contributed by atoms with E-state index in [0.29, 0.717) is 23.2 Å². The second kappa shape index (κ2) is 6.25. The second-order valence-electron chi connectivity index (χ2n) is 5.28. The minimum atomic E-state index is 0. The maximum atomic E-state index is 12.6. The summed E-state index contributed by atoms with van der Waals surface area (Å²) in [7, 11) is 0. The first kappa shape index (κ1) is 14.8. The van der Waals surface area contributed by atoms with Crippen LogP contribution in [0.5, 0.6) is 0 Å². The van der Waals surface area contributed by atoms with Crippen LogP contribution in [0, 0.1) is 11.3 Å². The maximum Gasteiger partial charge on any atom is 0.254 e.